The smallest absolute Gasteiger partial charge is 0.313 e. The van der Waals surface area contributed by atoms with E-state index in [0.717, 1.165) is 47.8 Å². The number of rotatable bonds is 7. The molecule has 1 aromatic carbocycles. The summed E-state index contributed by atoms with van der Waals surface area (Å²) in [5.74, 6) is 0.260. The molecule has 2 fully saturated rings. The Labute approximate surface area is 157 Å². The first-order valence-corrected chi connectivity index (χ1v) is 10.5. The third-order valence-corrected chi connectivity index (χ3v) is 6.99. The summed E-state index contributed by atoms with van der Waals surface area (Å²) in [7, 11) is 0. The molecule has 0 N–H and O–H groups in total. The molecular weight excluding hydrogens is 388 g/mol. The maximum absolute atomic E-state index is 12.5. The summed E-state index contributed by atoms with van der Waals surface area (Å²) in [5, 5.41) is 0.773. The predicted octanol–water partition coefficient (Wildman–Crippen LogP) is 5.17. The molecule has 1 aliphatic heterocycles. The molecule has 132 valence electrons. The van der Waals surface area contributed by atoms with E-state index in [0.29, 0.717) is 12.5 Å². The Morgan fingerprint density at radius 3 is 2.71 bits per heavy atom. The van der Waals surface area contributed by atoms with Crippen LogP contribution >= 0.6 is 27.7 Å². The predicted molar refractivity (Wildman–Crippen MR) is 101 cm³/mol. The summed E-state index contributed by atoms with van der Waals surface area (Å²) in [6.07, 6.45) is 5.55. The van der Waals surface area contributed by atoms with Crippen LogP contribution in [0.25, 0.3) is 0 Å². The molecule has 3 rings (SSSR count). The van der Waals surface area contributed by atoms with E-state index in [1.807, 2.05) is 18.7 Å². The third kappa shape index (κ3) is 4.99. The van der Waals surface area contributed by atoms with Gasteiger partial charge in [0, 0.05) is 27.8 Å². The molecule has 0 amide bonds. The largest absolute Gasteiger partial charge is 0.466 e. The van der Waals surface area contributed by atoms with E-state index in [1.54, 1.807) is 0 Å². The Morgan fingerprint density at radius 1 is 1.33 bits per heavy atom. The van der Waals surface area contributed by atoms with Gasteiger partial charge in [0.05, 0.1) is 12.5 Å². The number of benzene rings is 1. The number of hydrogen-bond acceptors (Lipinski definition) is 4. The average molecular weight is 413 g/mol. The Kier molecular flexibility index (Phi) is 6.64. The van der Waals surface area contributed by atoms with Crippen LogP contribution < -0.4 is 0 Å². The van der Waals surface area contributed by atoms with Gasteiger partial charge in [0.25, 0.3) is 0 Å². The zero-order valence-electron chi connectivity index (χ0n) is 14.1. The van der Waals surface area contributed by atoms with Crippen molar-refractivity contribution in [3.63, 3.8) is 0 Å². The molecule has 1 heterocycles. The van der Waals surface area contributed by atoms with E-state index >= 15 is 0 Å². The van der Waals surface area contributed by atoms with Gasteiger partial charge in [-0.15, -0.1) is 11.8 Å². The van der Waals surface area contributed by atoms with Gasteiger partial charge in [-0.05, 0) is 78.6 Å². The topological polar surface area (TPSA) is 35.5 Å². The molecule has 1 aliphatic carbocycles. The van der Waals surface area contributed by atoms with Crippen molar-refractivity contribution in [2.45, 2.75) is 55.1 Å². The number of carbonyl (C=O) groups is 1. The molecule has 1 aromatic rings. The summed E-state index contributed by atoms with van der Waals surface area (Å²) in [5.41, 5.74) is 1.06. The molecule has 24 heavy (non-hydrogen) atoms. The van der Waals surface area contributed by atoms with Gasteiger partial charge in [0.2, 0.25) is 0 Å². The summed E-state index contributed by atoms with van der Waals surface area (Å²) in [6, 6.07) is 6.38. The van der Waals surface area contributed by atoms with Gasteiger partial charge < -0.3 is 9.47 Å². The van der Waals surface area contributed by atoms with Crippen LogP contribution in [0.5, 0.6) is 0 Å². The fourth-order valence-electron chi connectivity index (χ4n) is 3.12. The quantitative estimate of drug-likeness (QED) is 0.578. The van der Waals surface area contributed by atoms with E-state index in [2.05, 4.69) is 34.1 Å². The van der Waals surface area contributed by atoms with Gasteiger partial charge in [-0.1, -0.05) is 6.07 Å². The van der Waals surface area contributed by atoms with Crippen LogP contribution in [-0.4, -0.2) is 31.0 Å². The molecular formula is C19H25BrO3S. The minimum absolute atomic E-state index is 0.0986. The van der Waals surface area contributed by atoms with Crippen molar-refractivity contribution >= 4 is 33.7 Å². The van der Waals surface area contributed by atoms with E-state index in [4.69, 9.17) is 9.47 Å². The van der Waals surface area contributed by atoms with Crippen molar-refractivity contribution < 1.29 is 14.3 Å². The zero-order chi connectivity index (χ0) is 16.9. The molecule has 1 saturated carbocycles. The molecule has 1 unspecified atom stereocenters. The van der Waals surface area contributed by atoms with E-state index in [-0.39, 0.29) is 11.9 Å². The van der Waals surface area contributed by atoms with Gasteiger partial charge in [-0.3, -0.25) is 4.79 Å². The van der Waals surface area contributed by atoms with E-state index < -0.39 is 0 Å². The summed E-state index contributed by atoms with van der Waals surface area (Å²) in [4.78, 5) is 13.8. The first-order valence-electron chi connectivity index (χ1n) is 8.88. The summed E-state index contributed by atoms with van der Waals surface area (Å²) in [6.45, 7) is 3.91. The van der Waals surface area contributed by atoms with Crippen molar-refractivity contribution in [2.75, 3.05) is 19.8 Å². The molecule has 0 bridgehead atoms. The first-order chi connectivity index (χ1) is 11.7. The number of ether oxygens (including phenoxy) is 2. The van der Waals surface area contributed by atoms with Crippen molar-refractivity contribution in [1.82, 2.24) is 0 Å². The normalized spacial score (nSPS) is 19.9. The Hall–Kier alpha value is -0.520. The fourth-order valence-corrected chi connectivity index (χ4v) is 4.85. The lowest BCUT2D eigenvalue weighted by Gasteiger charge is -2.26. The van der Waals surface area contributed by atoms with Crippen molar-refractivity contribution in [1.29, 1.82) is 0 Å². The van der Waals surface area contributed by atoms with Crippen LogP contribution in [0.4, 0.5) is 0 Å². The number of carbonyl (C=O) groups excluding carboxylic acids is 1. The van der Waals surface area contributed by atoms with Gasteiger partial charge >= 0.3 is 5.97 Å². The fraction of sp³-hybridized carbons (Fsp3) is 0.632. The number of esters is 1. The Balaban J connectivity index is 1.75. The summed E-state index contributed by atoms with van der Waals surface area (Å²) < 4.78 is 11.9. The third-order valence-electron chi connectivity index (χ3n) is 4.66. The molecule has 0 radical (unpaired) electrons. The monoisotopic (exact) mass is 412 g/mol. The van der Waals surface area contributed by atoms with Crippen molar-refractivity contribution in [3.05, 3.63) is 28.2 Å². The zero-order valence-corrected chi connectivity index (χ0v) is 16.5. The molecule has 1 atom stereocenters. The van der Waals surface area contributed by atoms with Crippen LogP contribution in [0.15, 0.2) is 27.6 Å². The Bertz CT molecular complexity index is 568. The number of thioether (sulfide) groups is 1. The van der Waals surface area contributed by atoms with E-state index in [1.165, 1.54) is 17.7 Å². The maximum atomic E-state index is 12.5. The second kappa shape index (κ2) is 8.72. The highest BCUT2D eigenvalue weighted by molar-refractivity contribution is 9.10. The molecule has 0 spiro atoms. The highest BCUT2D eigenvalue weighted by atomic mass is 79.9. The molecule has 2 aliphatic rings. The molecule has 5 heteroatoms. The lowest BCUT2D eigenvalue weighted by molar-refractivity contribution is -0.145. The highest BCUT2D eigenvalue weighted by Crippen LogP contribution is 2.43. The SMILES string of the molecule is CCOC(=O)C(CC1CCOCC1)c1ccc(SC2CC2)c(Br)c1. The van der Waals surface area contributed by atoms with Gasteiger partial charge in [0.1, 0.15) is 0 Å². The summed E-state index contributed by atoms with van der Waals surface area (Å²) >= 11 is 5.62. The Morgan fingerprint density at radius 2 is 2.08 bits per heavy atom. The maximum Gasteiger partial charge on any atom is 0.313 e. The van der Waals surface area contributed by atoms with Gasteiger partial charge in [-0.2, -0.15) is 0 Å². The van der Waals surface area contributed by atoms with Crippen molar-refractivity contribution in [3.8, 4) is 0 Å². The van der Waals surface area contributed by atoms with Crippen LogP contribution in [-0.2, 0) is 14.3 Å². The average Bonchev–Trinajstić information content (AvgIpc) is 3.40. The lowest BCUT2D eigenvalue weighted by Crippen LogP contribution is -2.23. The molecule has 3 nitrogen and oxygen atoms in total. The minimum atomic E-state index is -0.177. The van der Waals surface area contributed by atoms with Gasteiger partial charge in [-0.25, -0.2) is 0 Å². The van der Waals surface area contributed by atoms with Crippen LogP contribution in [0, 0.1) is 5.92 Å². The first kappa shape index (κ1) is 18.3. The minimum Gasteiger partial charge on any atom is -0.466 e. The number of hydrogen-bond donors (Lipinski definition) is 0. The second-order valence-corrected chi connectivity index (χ2v) is 8.80. The number of halogens is 1. The molecule has 1 saturated heterocycles. The van der Waals surface area contributed by atoms with Crippen LogP contribution in [0.2, 0.25) is 0 Å². The van der Waals surface area contributed by atoms with Crippen molar-refractivity contribution in [2.24, 2.45) is 5.92 Å². The lowest BCUT2D eigenvalue weighted by atomic mass is 9.85. The highest BCUT2D eigenvalue weighted by Gasteiger charge is 2.28. The molecule has 0 aromatic heterocycles. The van der Waals surface area contributed by atoms with Gasteiger partial charge in [0.15, 0.2) is 0 Å². The van der Waals surface area contributed by atoms with Crippen LogP contribution in [0.3, 0.4) is 0 Å². The standard InChI is InChI=1S/C19H25BrO3S/c1-2-23-19(21)16(11-13-7-9-22-10-8-13)14-3-6-18(17(20)12-14)24-15-4-5-15/h3,6,12-13,15-16H,2,4-5,7-11H2,1H3. The second-order valence-electron chi connectivity index (χ2n) is 6.60. The van der Waals surface area contributed by atoms with Crippen LogP contribution in [0.1, 0.15) is 50.5 Å². The van der Waals surface area contributed by atoms with E-state index in [9.17, 15) is 4.79 Å².